The average molecular weight is 215 g/mol. The molecule has 0 aliphatic carbocycles. The van der Waals surface area contributed by atoms with Gasteiger partial charge in [0.25, 0.3) is 0 Å². The number of nitrogens with two attached hydrogens (primary N) is 2. The highest BCUT2D eigenvalue weighted by Gasteiger charge is 2.07. The average Bonchev–Trinajstić information content (AvgIpc) is 2.14. The molecule has 0 amide bonds. The molecule has 0 saturated heterocycles. The highest BCUT2D eigenvalue weighted by atomic mass is 35.5. The summed E-state index contributed by atoms with van der Waals surface area (Å²) < 4.78 is 0. The Bertz CT molecular complexity index is 314. The van der Waals surface area contributed by atoms with E-state index in [1.165, 1.54) is 0 Å². The van der Waals surface area contributed by atoms with Crippen molar-refractivity contribution >= 4 is 23.2 Å². The molecule has 14 heavy (non-hydrogen) atoms. The Morgan fingerprint density at radius 1 is 1.14 bits per heavy atom. The van der Waals surface area contributed by atoms with Gasteiger partial charge in [0.05, 0.1) is 5.69 Å². The highest BCUT2D eigenvalue weighted by Crippen LogP contribution is 2.18. The monoisotopic (exact) mass is 214 g/mol. The molecule has 4 N–H and O–H groups in total. The lowest BCUT2D eigenvalue weighted by Crippen LogP contribution is -2.05. The van der Waals surface area contributed by atoms with E-state index < -0.39 is 0 Å². The Kier molecular flexibility index (Phi) is 3.95. The van der Waals surface area contributed by atoms with Crippen LogP contribution in [0.1, 0.15) is 31.9 Å². The summed E-state index contributed by atoms with van der Waals surface area (Å²) in [4.78, 5) is 8.01. The number of rotatable bonds is 4. The second kappa shape index (κ2) is 5.00. The molecule has 0 spiro atoms. The first-order valence-corrected chi connectivity index (χ1v) is 5.10. The lowest BCUT2D eigenvalue weighted by atomic mass is 10.1. The van der Waals surface area contributed by atoms with E-state index in [0.717, 1.165) is 31.4 Å². The summed E-state index contributed by atoms with van der Waals surface area (Å²) >= 11 is 5.74. The third-order valence-corrected chi connectivity index (χ3v) is 2.28. The van der Waals surface area contributed by atoms with Gasteiger partial charge < -0.3 is 11.5 Å². The van der Waals surface area contributed by atoms with Crippen LogP contribution in [0.25, 0.3) is 0 Å². The van der Waals surface area contributed by atoms with Crippen molar-refractivity contribution in [1.29, 1.82) is 0 Å². The van der Waals surface area contributed by atoms with Crippen molar-refractivity contribution in [3.8, 4) is 0 Å². The Morgan fingerprint density at radius 2 is 1.86 bits per heavy atom. The summed E-state index contributed by atoms with van der Waals surface area (Å²) in [6, 6.07) is 0. The fourth-order valence-electron chi connectivity index (χ4n) is 1.20. The molecule has 1 heterocycles. The maximum atomic E-state index is 5.74. The van der Waals surface area contributed by atoms with Crippen molar-refractivity contribution in [2.24, 2.45) is 0 Å². The van der Waals surface area contributed by atoms with Gasteiger partial charge in [0.2, 0.25) is 0 Å². The maximum absolute atomic E-state index is 5.74. The summed E-state index contributed by atoms with van der Waals surface area (Å²) in [5.41, 5.74) is 11.9. The zero-order chi connectivity index (χ0) is 10.6. The molecule has 0 aliphatic rings. The predicted octanol–water partition coefficient (Wildman–Crippen LogP) is 2.03. The van der Waals surface area contributed by atoms with Gasteiger partial charge in [-0.05, 0) is 12.8 Å². The first kappa shape index (κ1) is 11.0. The first-order valence-electron chi connectivity index (χ1n) is 4.72. The Morgan fingerprint density at radius 3 is 2.50 bits per heavy atom. The molecule has 1 aromatic rings. The van der Waals surface area contributed by atoms with Crippen molar-refractivity contribution in [3.05, 3.63) is 10.8 Å². The van der Waals surface area contributed by atoms with Crippen LogP contribution in [0.2, 0.25) is 5.15 Å². The summed E-state index contributed by atoms with van der Waals surface area (Å²) in [7, 11) is 0. The summed E-state index contributed by atoms with van der Waals surface area (Å²) in [5.74, 6) is 0.589. The molecule has 5 heteroatoms. The maximum Gasteiger partial charge on any atom is 0.171 e. The summed E-state index contributed by atoms with van der Waals surface area (Å²) in [6.07, 6.45) is 4.18. The van der Waals surface area contributed by atoms with E-state index in [4.69, 9.17) is 23.1 Å². The van der Waals surface area contributed by atoms with E-state index in [-0.39, 0.29) is 11.0 Å². The van der Waals surface area contributed by atoms with Crippen LogP contribution in [0, 0.1) is 0 Å². The van der Waals surface area contributed by atoms with Crippen molar-refractivity contribution in [1.82, 2.24) is 9.97 Å². The minimum absolute atomic E-state index is 0.198. The van der Waals surface area contributed by atoms with Crippen LogP contribution in [0.15, 0.2) is 0 Å². The normalized spacial score (nSPS) is 10.4. The standard InChI is InChI=1S/C9H15ClN4/c1-2-3-4-5-6-8(11)14-9(12)7(10)13-6/h2-5H2,1H3,(H4,11,12,14). The minimum atomic E-state index is 0.198. The number of anilines is 2. The molecule has 0 atom stereocenters. The van der Waals surface area contributed by atoms with Gasteiger partial charge in [0.1, 0.15) is 5.82 Å². The number of halogens is 1. The Balaban J connectivity index is 2.72. The Hall–Kier alpha value is -1.03. The van der Waals surface area contributed by atoms with Crippen LogP contribution in [-0.4, -0.2) is 9.97 Å². The molecule has 0 saturated carbocycles. The third-order valence-electron chi connectivity index (χ3n) is 2.00. The van der Waals surface area contributed by atoms with E-state index in [1.54, 1.807) is 0 Å². The van der Waals surface area contributed by atoms with E-state index in [2.05, 4.69) is 16.9 Å². The smallest absolute Gasteiger partial charge is 0.171 e. The molecule has 0 aliphatic heterocycles. The number of hydrogen-bond acceptors (Lipinski definition) is 4. The molecule has 0 fully saturated rings. The lowest BCUT2D eigenvalue weighted by molar-refractivity contribution is 0.707. The number of aryl methyl sites for hydroxylation is 1. The van der Waals surface area contributed by atoms with Gasteiger partial charge in [-0.3, -0.25) is 0 Å². The SMILES string of the molecule is CCCCCc1nc(Cl)c(N)nc1N. The van der Waals surface area contributed by atoms with Gasteiger partial charge in [0, 0.05) is 0 Å². The van der Waals surface area contributed by atoms with Gasteiger partial charge in [0.15, 0.2) is 11.0 Å². The molecule has 0 radical (unpaired) electrons. The number of nitrogen functional groups attached to an aromatic ring is 2. The number of nitrogens with zero attached hydrogens (tertiary/aromatic N) is 2. The van der Waals surface area contributed by atoms with Gasteiger partial charge in [-0.1, -0.05) is 31.4 Å². The minimum Gasteiger partial charge on any atom is -0.382 e. The molecular formula is C9H15ClN4. The van der Waals surface area contributed by atoms with Gasteiger partial charge in [-0.15, -0.1) is 0 Å². The molecule has 4 nitrogen and oxygen atoms in total. The van der Waals surface area contributed by atoms with Crippen molar-refractivity contribution in [2.75, 3.05) is 11.5 Å². The highest BCUT2D eigenvalue weighted by molar-refractivity contribution is 6.31. The predicted molar refractivity (Wildman–Crippen MR) is 59.1 cm³/mol. The van der Waals surface area contributed by atoms with Crippen LogP contribution < -0.4 is 11.5 Å². The van der Waals surface area contributed by atoms with E-state index in [0.29, 0.717) is 5.82 Å². The summed E-state index contributed by atoms with van der Waals surface area (Å²) in [5, 5.41) is 0.241. The van der Waals surface area contributed by atoms with Crippen molar-refractivity contribution in [2.45, 2.75) is 32.6 Å². The lowest BCUT2D eigenvalue weighted by Gasteiger charge is -2.05. The van der Waals surface area contributed by atoms with E-state index >= 15 is 0 Å². The van der Waals surface area contributed by atoms with Gasteiger partial charge >= 0.3 is 0 Å². The molecule has 0 aromatic carbocycles. The largest absolute Gasteiger partial charge is 0.382 e. The number of aromatic nitrogens is 2. The van der Waals surface area contributed by atoms with Crippen LogP contribution in [-0.2, 0) is 6.42 Å². The quantitative estimate of drug-likeness (QED) is 0.752. The van der Waals surface area contributed by atoms with Crippen LogP contribution >= 0.6 is 11.6 Å². The van der Waals surface area contributed by atoms with E-state index in [9.17, 15) is 0 Å². The van der Waals surface area contributed by atoms with Crippen LogP contribution in [0.4, 0.5) is 11.6 Å². The fraction of sp³-hybridized carbons (Fsp3) is 0.556. The van der Waals surface area contributed by atoms with Crippen LogP contribution in [0.3, 0.4) is 0 Å². The number of hydrogen-bond donors (Lipinski definition) is 2. The van der Waals surface area contributed by atoms with Gasteiger partial charge in [-0.25, -0.2) is 9.97 Å². The first-order chi connectivity index (χ1) is 6.65. The zero-order valence-corrected chi connectivity index (χ0v) is 9.01. The summed E-state index contributed by atoms with van der Waals surface area (Å²) in [6.45, 7) is 2.14. The molecular weight excluding hydrogens is 200 g/mol. The fourth-order valence-corrected chi connectivity index (χ4v) is 1.34. The molecule has 0 unspecified atom stereocenters. The topological polar surface area (TPSA) is 77.8 Å². The van der Waals surface area contributed by atoms with Gasteiger partial charge in [-0.2, -0.15) is 0 Å². The van der Waals surface area contributed by atoms with Crippen molar-refractivity contribution in [3.63, 3.8) is 0 Å². The third kappa shape index (κ3) is 2.73. The zero-order valence-electron chi connectivity index (χ0n) is 8.26. The second-order valence-corrected chi connectivity index (χ2v) is 3.55. The van der Waals surface area contributed by atoms with Crippen LogP contribution in [0.5, 0.6) is 0 Å². The molecule has 1 aromatic heterocycles. The second-order valence-electron chi connectivity index (χ2n) is 3.19. The Labute approximate surface area is 88.7 Å². The van der Waals surface area contributed by atoms with E-state index in [1.807, 2.05) is 0 Å². The molecule has 0 bridgehead atoms. The number of unbranched alkanes of at least 4 members (excludes halogenated alkanes) is 2. The molecule has 1 rings (SSSR count). The van der Waals surface area contributed by atoms with Crippen molar-refractivity contribution < 1.29 is 0 Å². The molecule has 78 valence electrons.